The number of Topliss-reactive ketones (excluding diaryl/α,β-unsaturated/α-hetero) is 2. The Morgan fingerprint density at radius 3 is 2.16 bits per heavy atom. The van der Waals surface area contributed by atoms with E-state index in [1.807, 2.05) is 30.9 Å². The van der Waals surface area contributed by atoms with Gasteiger partial charge in [-0.15, -0.1) is 5.92 Å². The van der Waals surface area contributed by atoms with E-state index in [0.717, 1.165) is 41.5 Å². The van der Waals surface area contributed by atoms with Gasteiger partial charge < -0.3 is 4.90 Å². The van der Waals surface area contributed by atoms with Crippen molar-refractivity contribution in [2.75, 3.05) is 13.1 Å². The molecule has 1 aliphatic heterocycles. The summed E-state index contributed by atoms with van der Waals surface area (Å²) in [5.41, 5.74) is 3.44. The number of aryl methyl sites for hydroxylation is 2. The molecule has 166 valence electrons. The first kappa shape index (κ1) is 23.3. The standard InChI is InChI=1S/C27H35NO3/c1-6-8-21-14-19(4)25(20(5)15-21)26-22(29)16-27(17-23(26)30)9-11-28(12-10-27)24(31)13-18(3)7-2/h14-15,18,26H,7,9-13,16-17H2,1-5H3. The van der Waals surface area contributed by atoms with Crippen LogP contribution >= 0.6 is 0 Å². The summed E-state index contributed by atoms with van der Waals surface area (Å²) in [5.74, 6) is 5.99. The number of ketones is 2. The van der Waals surface area contributed by atoms with Crippen molar-refractivity contribution in [2.45, 2.75) is 79.1 Å². The van der Waals surface area contributed by atoms with Crippen molar-refractivity contribution in [1.29, 1.82) is 0 Å². The van der Waals surface area contributed by atoms with Gasteiger partial charge in [0.1, 0.15) is 17.5 Å². The lowest BCUT2D eigenvalue weighted by atomic mass is 9.62. The zero-order valence-electron chi connectivity index (χ0n) is 19.6. The topological polar surface area (TPSA) is 54.5 Å². The van der Waals surface area contributed by atoms with E-state index in [2.05, 4.69) is 25.7 Å². The molecule has 0 N–H and O–H groups in total. The maximum atomic E-state index is 13.3. The first-order chi connectivity index (χ1) is 14.7. The van der Waals surface area contributed by atoms with Crippen molar-refractivity contribution in [3.05, 3.63) is 34.4 Å². The highest BCUT2D eigenvalue weighted by Crippen LogP contribution is 2.46. The fourth-order valence-corrected chi connectivity index (χ4v) is 5.31. The Bertz CT molecular complexity index is 898. The molecule has 2 fully saturated rings. The normalized spacial score (nSPS) is 19.8. The number of amides is 1. The van der Waals surface area contributed by atoms with Gasteiger partial charge in [-0.1, -0.05) is 26.2 Å². The van der Waals surface area contributed by atoms with E-state index in [-0.39, 0.29) is 22.9 Å². The lowest BCUT2D eigenvalue weighted by Crippen LogP contribution is -2.48. The number of likely N-dealkylation sites (tertiary alicyclic amines) is 1. The van der Waals surface area contributed by atoms with Crippen LogP contribution in [-0.2, 0) is 14.4 Å². The Morgan fingerprint density at radius 2 is 1.68 bits per heavy atom. The van der Waals surface area contributed by atoms with Gasteiger partial charge in [0.25, 0.3) is 0 Å². The smallest absolute Gasteiger partial charge is 0.222 e. The number of piperidine rings is 1. The van der Waals surface area contributed by atoms with E-state index in [1.54, 1.807) is 6.92 Å². The molecule has 1 aliphatic carbocycles. The summed E-state index contributed by atoms with van der Waals surface area (Å²) in [7, 11) is 0. The summed E-state index contributed by atoms with van der Waals surface area (Å²) >= 11 is 0. The summed E-state index contributed by atoms with van der Waals surface area (Å²) < 4.78 is 0. The molecule has 1 unspecified atom stereocenters. The zero-order valence-corrected chi connectivity index (χ0v) is 19.6. The highest BCUT2D eigenvalue weighted by atomic mass is 16.2. The van der Waals surface area contributed by atoms with Crippen LogP contribution < -0.4 is 0 Å². The first-order valence-electron chi connectivity index (χ1n) is 11.6. The second-order valence-electron chi connectivity index (χ2n) is 9.72. The molecule has 4 nitrogen and oxygen atoms in total. The van der Waals surface area contributed by atoms with Crippen LogP contribution in [-0.4, -0.2) is 35.5 Å². The van der Waals surface area contributed by atoms with E-state index < -0.39 is 5.92 Å². The number of carbonyl (C=O) groups is 3. The molecular formula is C27H35NO3. The van der Waals surface area contributed by atoms with E-state index in [0.29, 0.717) is 38.3 Å². The van der Waals surface area contributed by atoms with Crippen molar-refractivity contribution in [1.82, 2.24) is 4.90 Å². The fraction of sp³-hybridized carbons (Fsp3) is 0.593. The van der Waals surface area contributed by atoms with Gasteiger partial charge in [0.15, 0.2) is 0 Å². The van der Waals surface area contributed by atoms with E-state index >= 15 is 0 Å². The molecule has 3 rings (SSSR count). The van der Waals surface area contributed by atoms with Crippen molar-refractivity contribution >= 4 is 17.5 Å². The predicted octanol–water partition coefficient (Wildman–Crippen LogP) is 4.74. The molecular weight excluding hydrogens is 386 g/mol. The fourth-order valence-electron chi connectivity index (χ4n) is 5.31. The van der Waals surface area contributed by atoms with Gasteiger partial charge >= 0.3 is 0 Å². The summed E-state index contributed by atoms with van der Waals surface area (Å²) in [6, 6.07) is 3.95. The average Bonchev–Trinajstić information content (AvgIpc) is 2.70. The molecule has 1 saturated carbocycles. The molecule has 0 aromatic heterocycles. The van der Waals surface area contributed by atoms with Crippen LogP contribution in [0.15, 0.2) is 12.1 Å². The summed E-state index contributed by atoms with van der Waals surface area (Å²) in [4.78, 5) is 41.0. The third kappa shape index (κ3) is 4.92. The van der Waals surface area contributed by atoms with Crippen LogP contribution in [0.3, 0.4) is 0 Å². The number of nitrogens with zero attached hydrogens (tertiary/aromatic N) is 1. The largest absolute Gasteiger partial charge is 0.343 e. The summed E-state index contributed by atoms with van der Waals surface area (Å²) in [5, 5.41) is 0. The van der Waals surface area contributed by atoms with Crippen molar-refractivity contribution < 1.29 is 14.4 Å². The van der Waals surface area contributed by atoms with Crippen LogP contribution in [0.4, 0.5) is 0 Å². The van der Waals surface area contributed by atoms with Crippen molar-refractivity contribution in [2.24, 2.45) is 11.3 Å². The minimum atomic E-state index is -0.653. The van der Waals surface area contributed by atoms with Crippen LogP contribution in [0.1, 0.15) is 87.5 Å². The molecule has 1 aromatic rings. The number of hydrogen-bond acceptors (Lipinski definition) is 3. The first-order valence-corrected chi connectivity index (χ1v) is 11.6. The zero-order chi connectivity index (χ0) is 22.8. The molecule has 1 heterocycles. The Morgan fingerprint density at radius 1 is 1.13 bits per heavy atom. The quantitative estimate of drug-likeness (QED) is 0.521. The van der Waals surface area contributed by atoms with Crippen LogP contribution in [0.5, 0.6) is 0 Å². The monoisotopic (exact) mass is 421 g/mol. The minimum Gasteiger partial charge on any atom is -0.343 e. The van der Waals surface area contributed by atoms with Gasteiger partial charge in [-0.05, 0) is 73.8 Å². The number of benzene rings is 1. The summed E-state index contributed by atoms with van der Waals surface area (Å²) in [6.45, 7) is 11.3. The molecule has 0 bridgehead atoms. The molecule has 4 heteroatoms. The predicted molar refractivity (Wildman–Crippen MR) is 123 cm³/mol. The third-order valence-corrected chi connectivity index (χ3v) is 7.29. The third-order valence-electron chi connectivity index (χ3n) is 7.29. The molecule has 31 heavy (non-hydrogen) atoms. The van der Waals surface area contributed by atoms with Crippen LogP contribution in [0.25, 0.3) is 0 Å². The average molecular weight is 422 g/mol. The second kappa shape index (κ2) is 9.39. The lowest BCUT2D eigenvalue weighted by molar-refractivity contribution is -0.140. The minimum absolute atomic E-state index is 0.0381. The van der Waals surface area contributed by atoms with Gasteiger partial charge in [0.2, 0.25) is 5.91 Å². The van der Waals surface area contributed by atoms with Gasteiger partial charge in [0.05, 0.1) is 0 Å². The van der Waals surface area contributed by atoms with Crippen molar-refractivity contribution in [3.8, 4) is 11.8 Å². The van der Waals surface area contributed by atoms with Crippen LogP contribution in [0.2, 0.25) is 0 Å². The Labute approximate surface area is 186 Å². The Balaban J connectivity index is 1.73. The Kier molecular flexibility index (Phi) is 7.04. The second-order valence-corrected chi connectivity index (χ2v) is 9.72. The number of carbonyl (C=O) groups excluding carboxylic acids is 3. The molecule has 1 spiro atoms. The lowest BCUT2D eigenvalue weighted by Gasteiger charge is -2.45. The highest BCUT2D eigenvalue weighted by Gasteiger charge is 2.47. The molecule has 1 amide bonds. The van der Waals surface area contributed by atoms with E-state index in [9.17, 15) is 14.4 Å². The molecule has 0 radical (unpaired) electrons. The number of hydrogen-bond donors (Lipinski definition) is 0. The Hall–Kier alpha value is -2.41. The van der Waals surface area contributed by atoms with Gasteiger partial charge in [-0.25, -0.2) is 0 Å². The maximum Gasteiger partial charge on any atom is 0.222 e. The van der Waals surface area contributed by atoms with Crippen LogP contribution in [0, 0.1) is 37.0 Å². The summed E-state index contributed by atoms with van der Waals surface area (Å²) in [6.07, 6.45) is 3.94. The van der Waals surface area contributed by atoms with E-state index in [4.69, 9.17) is 0 Å². The molecule has 2 aliphatic rings. The molecule has 1 saturated heterocycles. The van der Waals surface area contributed by atoms with E-state index in [1.165, 1.54) is 0 Å². The van der Waals surface area contributed by atoms with Gasteiger partial charge in [-0.2, -0.15) is 0 Å². The van der Waals surface area contributed by atoms with Crippen molar-refractivity contribution in [3.63, 3.8) is 0 Å². The highest BCUT2D eigenvalue weighted by molar-refractivity contribution is 6.10. The van der Waals surface area contributed by atoms with Gasteiger partial charge in [-0.3, -0.25) is 14.4 Å². The SMILES string of the molecule is CC#Cc1cc(C)c(C2C(=O)CC3(CCN(C(=O)CC(C)CC)CC3)CC2=O)c(C)c1. The maximum absolute atomic E-state index is 13.3. The molecule has 1 atom stereocenters. The molecule has 1 aromatic carbocycles. The number of rotatable bonds is 4. The van der Waals surface area contributed by atoms with Gasteiger partial charge in [0, 0.05) is 37.9 Å².